The second kappa shape index (κ2) is 11.3. The van der Waals surface area contributed by atoms with Crippen LogP contribution in [0, 0.1) is 6.92 Å². The molecule has 0 atom stereocenters. The molecule has 0 spiro atoms. The first kappa shape index (κ1) is 24.1. The van der Waals surface area contributed by atoms with Crippen LogP contribution in [0.25, 0.3) is 11.3 Å². The van der Waals surface area contributed by atoms with E-state index in [1.807, 2.05) is 36.6 Å². The van der Waals surface area contributed by atoms with E-state index < -0.39 is 5.91 Å². The number of carbonyl (C=O) groups is 2. The standard InChI is InChI=1S/C24H27N3O5S/c1-15-27-19(14-33-15)17-7-5-16(6-8-17)9-10-25-22(28)13-26-24(29)18-11-20(30-2)23(32-4)21(12-18)31-3/h5-8,11-12,14H,9-10,13H2,1-4H3,(H,25,28)(H,26,29). The Bertz CT molecular complexity index is 1090. The van der Waals surface area contributed by atoms with Crippen LogP contribution >= 0.6 is 11.3 Å². The molecule has 174 valence electrons. The first-order valence-electron chi connectivity index (χ1n) is 10.3. The Morgan fingerprint density at radius 2 is 1.64 bits per heavy atom. The highest BCUT2D eigenvalue weighted by Crippen LogP contribution is 2.38. The van der Waals surface area contributed by atoms with Gasteiger partial charge in [-0.1, -0.05) is 24.3 Å². The van der Waals surface area contributed by atoms with E-state index in [1.165, 1.54) is 33.5 Å². The lowest BCUT2D eigenvalue weighted by molar-refractivity contribution is -0.120. The van der Waals surface area contributed by atoms with Gasteiger partial charge in [0.25, 0.3) is 5.91 Å². The molecular weight excluding hydrogens is 442 g/mol. The Morgan fingerprint density at radius 3 is 2.18 bits per heavy atom. The molecule has 0 saturated heterocycles. The Kier molecular flexibility index (Phi) is 8.26. The van der Waals surface area contributed by atoms with Gasteiger partial charge in [0.05, 0.1) is 38.6 Å². The van der Waals surface area contributed by atoms with Crippen LogP contribution in [0.5, 0.6) is 17.2 Å². The molecule has 0 aliphatic carbocycles. The number of aromatic nitrogens is 1. The molecule has 2 amide bonds. The van der Waals surface area contributed by atoms with E-state index >= 15 is 0 Å². The molecule has 3 aromatic rings. The minimum atomic E-state index is -0.419. The predicted octanol–water partition coefficient (Wildman–Crippen LogP) is 3.23. The molecule has 1 heterocycles. The number of thiazole rings is 1. The number of ether oxygens (including phenoxy) is 3. The number of hydrogen-bond donors (Lipinski definition) is 2. The van der Waals surface area contributed by atoms with Gasteiger partial charge in [-0.3, -0.25) is 9.59 Å². The summed E-state index contributed by atoms with van der Waals surface area (Å²) < 4.78 is 15.8. The predicted molar refractivity (Wildman–Crippen MR) is 127 cm³/mol. The van der Waals surface area contributed by atoms with Crippen molar-refractivity contribution in [1.29, 1.82) is 0 Å². The molecule has 0 radical (unpaired) electrons. The third-order valence-corrected chi connectivity index (χ3v) is 5.71. The van der Waals surface area contributed by atoms with Crippen LogP contribution in [0.3, 0.4) is 0 Å². The highest BCUT2D eigenvalue weighted by Gasteiger charge is 2.17. The third kappa shape index (κ3) is 6.23. The Balaban J connectivity index is 1.47. The lowest BCUT2D eigenvalue weighted by Crippen LogP contribution is -2.37. The van der Waals surface area contributed by atoms with E-state index in [-0.39, 0.29) is 12.5 Å². The number of nitrogens with one attached hydrogen (secondary N) is 2. The van der Waals surface area contributed by atoms with Gasteiger partial charge < -0.3 is 24.8 Å². The molecule has 0 saturated carbocycles. The van der Waals surface area contributed by atoms with Crippen molar-refractivity contribution in [1.82, 2.24) is 15.6 Å². The van der Waals surface area contributed by atoms with Gasteiger partial charge in [-0.05, 0) is 31.0 Å². The molecule has 0 aliphatic rings. The van der Waals surface area contributed by atoms with Gasteiger partial charge >= 0.3 is 0 Å². The summed E-state index contributed by atoms with van der Waals surface area (Å²) in [6, 6.07) is 11.2. The number of hydrogen-bond acceptors (Lipinski definition) is 7. The fourth-order valence-electron chi connectivity index (χ4n) is 3.22. The average molecular weight is 470 g/mol. The van der Waals surface area contributed by atoms with E-state index in [9.17, 15) is 9.59 Å². The minimum Gasteiger partial charge on any atom is -0.493 e. The maximum atomic E-state index is 12.5. The molecule has 1 aromatic heterocycles. The average Bonchev–Trinajstić information content (AvgIpc) is 3.28. The monoisotopic (exact) mass is 469 g/mol. The fraction of sp³-hybridized carbons (Fsp3) is 0.292. The van der Waals surface area contributed by atoms with E-state index in [2.05, 4.69) is 15.6 Å². The number of aryl methyl sites for hydroxylation is 1. The molecule has 2 N–H and O–H groups in total. The maximum absolute atomic E-state index is 12.5. The molecule has 3 rings (SSSR count). The molecular formula is C24H27N3O5S. The lowest BCUT2D eigenvalue weighted by atomic mass is 10.1. The number of carbonyl (C=O) groups excluding carboxylic acids is 2. The van der Waals surface area contributed by atoms with Crippen LogP contribution < -0.4 is 24.8 Å². The van der Waals surface area contributed by atoms with Gasteiger partial charge in [0.2, 0.25) is 11.7 Å². The van der Waals surface area contributed by atoms with Crippen LogP contribution in [0.2, 0.25) is 0 Å². The van der Waals surface area contributed by atoms with E-state index in [4.69, 9.17) is 14.2 Å². The largest absolute Gasteiger partial charge is 0.493 e. The first-order chi connectivity index (χ1) is 15.9. The molecule has 0 fully saturated rings. The topological polar surface area (TPSA) is 98.8 Å². The minimum absolute atomic E-state index is 0.141. The highest BCUT2D eigenvalue weighted by atomic mass is 32.1. The fourth-order valence-corrected chi connectivity index (χ4v) is 3.84. The molecule has 8 nitrogen and oxygen atoms in total. The molecule has 0 bridgehead atoms. The summed E-state index contributed by atoms with van der Waals surface area (Å²) in [6.45, 7) is 2.31. The number of methoxy groups -OCH3 is 3. The van der Waals surface area contributed by atoms with Gasteiger partial charge in [0.1, 0.15) is 0 Å². The van der Waals surface area contributed by atoms with E-state index in [0.717, 1.165) is 21.8 Å². The summed E-state index contributed by atoms with van der Waals surface area (Å²) in [7, 11) is 4.43. The summed E-state index contributed by atoms with van der Waals surface area (Å²) in [4.78, 5) is 29.1. The maximum Gasteiger partial charge on any atom is 0.251 e. The highest BCUT2D eigenvalue weighted by molar-refractivity contribution is 7.09. The van der Waals surface area contributed by atoms with Crippen molar-refractivity contribution in [2.75, 3.05) is 34.4 Å². The summed E-state index contributed by atoms with van der Waals surface area (Å²) in [5.74, 6) is 0.427. The zero-order chi connectivity index (χ0) is 23.8. The van der Waals surface area contributed by atoms with Crippen molar-refractivity contribution < 1.29 is 23.8 Å². The van der Waals surface area contributed by atoms with Crippen LogP contribution in [0.4, 0.5) is 0 Å². The van der Waals surface area contributed by atoms with Crippen molar-refractivity contribution in [2.45, 2.75) is 13.3 Å². The zero-order valence-corrected chi connectivity index (χ0v) is 19.9. The van der Waals surface area contributed by atoms with Crippen molar-refractivity contribution >= 4 is 23.2 Å². The van der Waals surface area contributed by atoms with Crippen molar-refractivity contribution in [3.8, 4) is 28.5 Å². The van der Waals surface area contributed by atoms with Crippen molar-refractivity contribution in [3.05, 3.63) is 57.9 Å². The van der Waals surface area contributed by atoms with Crippen LogP contribution in [0.1, 0.15) is 20.9 Å². The van der Waals surface area contributed by atoms with Gasteiger partial charge in [-0.15, -0.1) is 11.3 Å². The number of amides is 2. The number of benzene rings is 2. The van der Waals surface area contributed by atoms with Gasteiger partial charge in [-0.2, -0.15) is 0 Å². The second-order valence-electron chi connectivity index (χ2n) is 7.15. The Hall–Kier alpha value is -3.59. The quantitative estimate of drug-likeness (QED) is 0.473. The first-order valence-corrected chi connectivity index (χ1v) is 11.2. The molecule has 9 heteroatoms. The molecule has 2 aromatic carbocycles. The van der Waals surface area contributed by atoms with E-state index in [1.54, 1.807) is 11.3 Å². The molecule has 0 unspecified atom stereocenters. The second-order valence-corrected chi connectivity index (χ2v) is 8.21. The van der Waals surface area contributed by atoms with Gasteiger partial charge in [-0.25, -0.2) is 4.98 Å². The number of nitrogens with zero attached hydrogens (tertiary/aromatic N) is 1. The van der Waals surface area contributed by atoms with Crippen LogP contribution in [-0.4, -0.2) is 51.2 Å². The van der Waals surface area contributed by atoms with Gasteiger partial charge in [0.15, 0.2) is 11.5 Å². The van der Waals surface area contributed by atoms with Crippen LogP contribution in [-0.2, 0) is 11.2 Å². The SMILES string of the molecule is COc1cc(C(=O)NCC(=O)NCCc2ccc(-c3csc(C)n3)cc2)cc(OC)c1OC. The van der Waals surface area contributed by atoms with Gasteiger partial charge in [0, 0.05) is 23.1 Å². The molecule has 33 heavy (non-hydrogen) atoms. The summed E-state index contributed by atoms with van der Waals surface area (Å²) in [5, 5.41) is 8.50. The molecule has 0 aliphatic heterocycles. The Morgan fingerprint density at radius 1 is 0.970 bits per heavy atom. The van der Waals surface area contributed by atoms with Crippen molar-refractivity contribution in [3.63, 3.8) is 0 Å². The number of rotatable bonds is 10. The normalized spacial score (nSPS) is 10.4. The van der Waals surface area contributed by atoms with E-state index in [0.29, 0.717) is 35.8 Å². The Labute approximate surface area is 196 Å². The smallest absolute Gasteiger partial charge is 0.251 e. The van der Waals surface area contributed by atoms with Crippen molar-refractivity contribution in [2.24, 2.45) is 0 Å². The summed E-state index contributed by atoms with van der Waals surface area (Å²) in [6.07, 6.45) is 0.683. The third-order valence-electron chi connectivity index (χ3n) is 4.94. The summed E-state index contributed by atoms with van der Waals surface area (Å²) in [5.41, 5.74) is 3.45. The zero-order valence-electron chi connectivity index (χ0n) is 19.1. The summed E-state index contributed by atoms with van der Waals surface area (Å²) >= 11 is 1.62. The van der Waals surface area contributed by atoms with Crippen LogP contribution in [0.15, 0.2) is 41.8 Å². The lowest BCUT2D eigenvalue weighted by Gasteiger charge is -2.14.